The number of hydrogen-bond acceptors (Lipinski definition) is 4. The fourth-order valence-electron chi connectivity index (χ4n) is 1.61. The molecule has 0 aliphatic rings. The smallest absolute Gasteiger partial charge is 0.278 e. The summed E-state index contributed by atoms with van der Waals surface area (Å²) in [6.07, 6.45) is 0. The maximum atomic E-state index is 13.0. The molecule has 0 spiro atoms. The Morgan fingerprint density at radius 2 is 1.86 bits per heavy atom. The van der Waals surface area contributed by atoms with Crippen LogP contribution in [0.4, 0.5) is 15.8 Å². The first-order chi connectivity index (χ1) is 9.81. The normalized spacial score (nSPS) is 11.1. The van der Waals surface area contributed by atoms with Gasteiger partial charge in [-0.2, -0.15) is 0 Å². The molecule has 1 N–H and O–H groups in total. The van der Waals surface area contributed by atoms with Crippen LogP contribution < -0.4 is 4.72 Å². The molecule has 0 bridgehead atoms. The second kappa shape index (κ2) is 5.78. The lowest BCUT2D eigenvalue weighted by Crippen LogP contribution is -2.15. The van der Waals surface area contributed by atoms with Crippen molar-refractivity contribution in [1.29, 1.82) is 0 Å². The summed E-state index contributed by atoms with van der Waals surface area (Å²) in [6.45, 7) is 0. The summed E-state index contributed by atoms with van der Waals surface area (Å²) in [5.74, 6) is -0.546. The molecule has 0 amide bonds. The molecule has 0 atom stereocenters. The number of halogens is 2. The summed E-state index contributed by atoms with van der Waals surface area (Å²) in [6, 6.07) is 8.32. The van der Waals surface area contributed by atoms with Crippen molar-refractivity contribution in [3.8, 4) is 0 Å². The van der Waals surface area contributed by atoms with E-state index in [0.29, 0.717) is 0 Å². The number of nitro benzene ring substituents is 1. The lowest BCUT2D eigenvalue weighted by atomic mass is 10.3. The van der Waals surface area contributed by atoms with E-state index in [1.165, 1.54) is 18.2 Å². The molecular weight excluding hydrogens is 367 g/mol. The minimum Gasteiger partial charge on any atom is -0.278 e. The third-order valence-electron chi connectivity index (χ3n) is 2.53. The van der Waals surface area contributed by atoms with E-state index in [4.69, 9.17) is 0 Å². The Morgan fingerprint density at radius 3 is 2.48 bits per heavy atom. The van der Waals surface area contributed by atoms with Crippen molar-refractivity contribution in [2.75, 3.05) is 4.72 Å². The molecule has 21 heavy (non-hydrogen) atoms. The van der Waals surface area contributed by atoms with Crippen LogP contribution >= 0.6 is 15.9 Å². The first-order valence-electron chi connectivity index (χ1n) is 5.52. The largest absolute Gasteiger partial charge is 0.289 e. The number of nitro groups is 1. The number of hydrogen-bond donors (Lipinski definition) is 1. The van der Waals surface area contributed by atoms with E-state index in [0.717, 1.165) is 24.3 Å². The van der Waals surface area contributed by atoms with Gasteiger partial charge >= 0.3 is 0 Å². The minimum atomic E-state index is -4.17. The summed E-state index contributed by atoms with van der Waals surface area (Å²) in [5.41, 5.74) is -0.460. The molecule has 0 fully saturated rings. The van der Waals surface area contributed by atoms with Crippen LogP contribution in [0.3, 0.4) is 0 Å². The predicted octanol–water partition coefficient (Wildman–Crippen LogP) is 3.30. The zero-order chi connectivity index (χ0) is 15.6. The van der Waals surface area contributed by atoms with Gasteiger partial charge in [-0.1, -0.05) is 12.1 Å². The molecule has 2 aromatic carbocycles. The molecule has 110 valence electrons. The van der Waals surface area contributed by atoms with Gasteiger partial charge in [0.1, 0.15) is 5.82 Å². The van der Waals surface area contributed by atoms with Crippen LogP contribution in [0.15, 0.2) is 51.8 Å². The van der Waals surface area contributed by atoms with Gasteiger partial charge in [0.25, 0.3) is 15.7 Å². The summed E-state index contributed by atoms with van der Waals surface area (Å²) in [5, 5.41) is 10.9. The third kappa shape index (κ3) is 3.37. The van der Waals surface area contributed by atoms with Crippen LogP contribution in [0.25, 0.3) is 0 Å². The molecule has 6 nitrogen and oxygen atoms in total. The van der Waals surface area contributed by atoms with Crippen molar-refractivity contribution >= 4 is 37.3 Å². The first kappa shape index (κ1) is 15.4. The number of rotatable bonds is 4. The molecule has 9 heteroatoms. The van der Waals surface area contributed by atoms with E-state index in [1.54, 1.807) is 0 Å². The SMILES string of the molecule is O=[N+]([O-])c1ccccc1S(=O)(=O)Nc1ccc(F)cc1Br. The van der Waals surface area contributed by atoms with Crippen LogP contribution in [0.5, 0.6) is 0 Å². The van der Waals surface area contributed by atoms with Crippen LogP contribution in [0.2, 0.25) is 0 Å². The zero-order valence-corrected chi connectivity index (χ0v) is 12.7. The highest BCUT2D eigenvalue weighted by atomic mass is 79.9. The number of para-hydroxylation sites is 1. The molecule has 0 aromatic heterocycles. The zero-order valence-electron chi connectivity index (χ0n) is 10.3. The first-order valence-corrected chi connectivity index (χ1v) is 7.80. The van der Waals surface area contributed by atoms with Crippen molar-refractivity contribution in [1.82, 2.24) is 0 Å². The number of nitrogens with one attached hydrogen (secondary N) is 1. The quantitative estimate of drug-likeness (QED) is 0.656. The van der Waals surface area contributed by atoms with Gasteiger partial charge in [0.15, 0.2) is 4.90 Å². The lowest BCUT2D eigenvalue weighted by Gasteiger charge is -2.10. The molecule has 0 saturated heterocycles. The Balaban J connectivity index is 2.46. The molecular formula is C12H8BrFN2O4S. The average molecular weight is 375 g/mol. The highest BCUT2D eigenvalue weighted by Gasteiger charge is 2.25. The van der Waals surface area contributed by atoms with E-state index >= 15 is 0 Å². The summed E-state index contributed by atoms with van der Waals surface area (Å²) < 4.78 is 39.8. The molecule has 0 unspecified atom stereocenters. The monoisotopic (exact) mass is 374 g/mol. The molecule has 0 aliphatic carbocycles. The van der Waals surface area contributed by atoms with Crippen molar-refractivity contribution in [3.63, 3.8) is 0 Å². The number of anilines is 1. The van der Waals surface area contributed by atoms with Crippen LogP contribution in [-0.4, -0.2) is 13.3 Å². The Hall–Kier alpha value is -2.00. The van der Waals surface area contributed by atoms with Crippen LogP contribution in [0.1, 0.15) is 0 Å². The lowest BCUT2D eigenvalue weighted by molar-refractivity contribution is -0.387. The molecule has 0 saturated carbocycles. The second-order valence-corrected chi connectivity index (χ2v) is 6.46. The molecule has 2 aromatic rings. The topological polar surface area (TPSA) is 89.3 Å². The van der Waals surface area contributed by atoms with Gasteiger partial charge in [0, 0.05) is 10.5 Å². The van der Waals surface area contributed by atoms with E-state index in [1.807, 2.05) is 0 Å². The fraction of sp³-hybridized carbons (Fsp3) is 0. The predicted molar refractivity (Wildman–Crippen MR) is 78.0 cm³/mol. The van der Waals surface area contributed by atoms with Gasteiger partial charge in [-0.05, 0) is 40.2 Å². The highest BCUT2D eigenvalue weighted by molar-refractivity contribution is 9.10. The maximum Gasteiger partial charge on any atom is 0.289 e. The average Bonchev–Trinajstić information content (AvgIpc) is 2.42. The Bertz CT molecular complexity index is 811. The van der Waals surface area contributed by atoms with Gasteiger partial charge in [0.2, 0.25) is 0 Å². The van der Waals surface area contributed by atoms with Crippen LogP contribution in [-0.2, 0) is 10.0 Å². The van der Waals surface area contributed by atoms with E-state index in [9.17, 15) is 22.9 Å². The van der Waals surface area contributed by atoms with Crippen molar-refractivity contribution in [2.24, 2.45) is 0 Å². The maximum absolute atomic E-state index is 13.0. The number of nitrogens with zero attached hydrogens (tertiary/aromatic N) is 1. The Labute approximate surface area is 127 Å². The third-order valence-corrected chi connectivity index (χ3v) is 4.60. The Morgan fingerprint density at radius 1 is 1.19 bits per heavy atom. The summed E-state index contributed by atoms with van der Waals surface area (Å²) in [4.78, 5) is 9.64. The van der Waals surface area contributed by atoms with Gasteiger partial charge in [-0.25, -0.2) is 12.8 Å². The van der Waals surface area contributed by atoms with Crippen LogP contribution in [0, 0.1) is 15.9 Å². The standard InChI is InChI=1S/C12H8BrFN2O4S/c13-9-7-8(14)5-6-10(9)15-21(19,20)12-4-2-1-3-11(12)16(17)18/h1-7,15H. The Kier molecular flexibility index (Phi) is 4.24. The van der Waals surface area contributed by atoms with Gasteiger partial charge in [0.05, 0.1) is 10.6 Å². The van der Waals surface area contributed by atoms with Gasteiger partial charge in [-0.15, -0.1) is 0 Å². The van der Waals surface area contributed by atoms with Crippen molar-refractivity contribution in [2.45, 2.75) is 4.90 Å². The summed E-state index contributed by atoms with van der Waals surface area (Å²) >= 11 is 3.02. The highest BCUT2D eigenvalue weighted by Crippen LogP contribution is 2.29. The second-order valence-electron chi connectivity index (χ2n) is 3.95. The number of benzene rings is 2. The molecule has 2 rings (SSSR count). The van der Waals surface area contributed by atoms with Crippen molar-refractivity contribution in [3.05, 3.63) is 62.9 Å². The van der Waals surface area contributed by atoms with E-state index in [-0.39, 0.29) is 10.2 Å². The minimum absolute atomic E-state index is 0.0783. The van der Waals surface area contributed by atoms with E-state index < -0.39 is 31.3 Å². The van der Waals surface area contributed by atoms with Gasteiger partial charge in [-0.3, -0.25) is 14.8 Å². The molecule has 0 aliphatic heterocycles. The van der Waals surface area contributed by atoms with E-state index in [2.05, 4.69) is 20.7 Å². The van der Waals surface area contributed by atoms with Gasteiger partial charge < -0.3 is 0 Å². The molecule has 0 heterocycles. The summed E-state index contributed by atoms with van der Waals surface area (Å²) in [7, 11) is -4.17. The molecule has 0 radical (unpaired) electrons. The fourth-order valence-corrected chi connectivity index (χ4v) is 3.44. The number of sulfonamides is 1. The van der Waals surface area contributed by atoms with Crippen molar-refractivity contribution < 1.29 is 17.7 Å².